The van der Waals surface area contributed by atoms with Crippen molar-refractivity contribution in [3.63, 3.8) is 0 Å². The van der Waals surface area contributed by atoms with Gasteiger partial charge >= 0.3 is 47.9 Å². The minimum atomic E-state index is -8.00. The molecule has 0 aromatic carbocycles. The quantitative estimate of drug-likeness (QED) is 0.182. The zero-order valence-corrected chi connectivity index (χ0v) is 16.1. The first kappa shape index (κ1) is 30.6. The van der Waals surface area contributed by atoms with Crippen LogP contribution in [-0.4, -0.2) is 67.6 Å². The van der Waals surface area contributed by atoms with Gasteiger partial charge in [0.1, 0.15) is 6.61 Å². The van der Waals surface area contributed by atoms with E-state index < -0.39 is 74.0 Å². The van der Waals surface area contributed by atoms with Crippen LogP contribution in [0.2, 0.25) is 0 Å². The highest BCUT2D eigenvalue weighted by Crippen LogP contribution is 2.60. The van der Waals surface area contributed by atoms with Gasteiger partial charge in [-0.15, -0.1) is 0 Å². The summed E-state index contributed by atoms with van der Waals surface area (Å²) in [5, 5.41) is 1.70. The Kier molecular flexibility index (Phi) is 9.10. The van der Waals surface area contributed by atoms with Gasteiger partial charge in [0.05, 0.1) is 19.6 Å². The van der Waals surface area contributed by atoms with Crippen LogP contribution in [0.25, 0.3) is 0 Å². The largest absolute Gasteiger partial charge is 0.460 e. The number of amides is 1. The van der Waals surface area contributed by atoms with Crippen LogP contribution in [0.4, 0.5) is 61.9 Å². The van der Waals surface area contributed by atoms with Crippen LogP contribution < -0.4 is 5.32 Å². The highest BCUT2D eigenvalue weighted by atomic mass is 19.4. The number of ether oxygens (including phenoxy) is 2. The van der Waals surface area contributed by atoms with E-state index in [0.29, 0.717) is 0 Å². The van der Waals surface area contributed by atoms with Crippen LogP contribution in [0.1, 0.15) is 13.3 Å². The summed E-state index contributed by atoms with van der Waals surface area (Å²) in [6.45, 7) is 1.49. The standard InChI is InChI=1S/C15H14F13NO4/c1-7(2)8(30)32-6-4-29-9(31)33-5-3-10(16,17)11(18,19)12(20,21)13(22,23)14(24,25)15(26,27)28/h1,3-6H2,2H3,(H,29,31). The van der Waals surface area contributed by atoms with Gasteiger partial charge in [0, 0.05) is 5.57 Å². The third-order valence-electron chi connectivity index (χ3n) is 3.60. The van der Waals surface area contributed by atoms with E-state index >= 15 is 0 Å². The van der Waals surface area contributed by atoms with Gasteiger partial charge in [0.25, 0.3) is 0 Å². The summed E-state index contributed by atoms with van der Waals surface area (Å²) in [6, 6.07) is 0. The van der Waals surface area contributed by atoms with Crippen molar-refractivity contribution in [2.75, 3.05) is 19.8 Å². The SMILES string of the molecule is C=C(C)C(=O)OCCNC(=O)OCCC(F)(F)C(F)(F)C(F)(F)C(F)(F)C(F)(F)C(F)(F)F. The van der Waals surface area contributed by atoms with Crippen molar-refractivity contribution in [2.45, 2.75) is 49.1 Å². The molecule has 5 nitrogen and oxygen atoms in total. The Morgan fingerprint density at radius 2 is 1.18 bits per heavy atom. The Balaban J connectivity index is 5.17. The molecule has 1 amide bonds. The molecule has 0 heterocycles. The fourth-order valence-corrected chi connectivity index (χ4v) is 1.70. The highest BCUT2D eigenvalue weighted by molar-refractivity contribution is 5.86. The van der Waals surface area contributed by atoms with E-state index in [1.165, 1.54) is 6.92 Å². The third kappa shape index (κ3) is 6.13. The van der Waals surface area contributed by atoms with Gasteiger partial charge in [-0.25, -0.2) is 9.59 Å². The molecule has 0 bridgehead atoms. The molecule has 18 heteroatoms. The molecule has 0 radical (unpaired) electrons. The normalized spacial score (nSPS) is 14.0. The summed E-state index contributed by atoms with van der Waals surface area (Å²) in [4.78, 5) is 22.1. The maximum Gasteiger partial charge on any atom is 0.460 e. The van der Waals surface area contributed by atoms with Crippen molar-refractivity contribution < 1.29 is 76.1 Å². The van der Waals surface area contributed by atoms with Gasteiger partial charge in [-0.05, 0) is 6.92 Å². The minimum absolute atomic E-state index is 0.0453. The molecule has 194 valence electrons. The van der Waals surface area contributed by atoms with Crippen LogP contribution >= 0.6 is 0 Å². The monoisotopic (exact) mass is 519 g/mol. The Morgan fingerprint density at radius 3 is 1.61 bits per heavy atom. The highest BCUT2D eigenvalue weighted by Gasteiger charge is 2.90. The third-order valence-corrected chi connectivity index (χ3v) is 3.60. The number of carbonyl (C=O) groups excluding carboxylic acids is 2. The molecule has 0 aromatic heterocycles. The van der Waals surface area contributed by atoms with Gasteiger partial charge in [0.2, 0.25) is 0 Å². The van der Waals surface area contributed by atoms with Crippen LogP contribution in [-0.2, 0) is 14.3 Å². The molecule has 0 unspecified atom stereocenters. The van der Waals surface area contributed by atoms with Gasteiger partial charge in [-0.2, -0.15) is 57.1 Å². The predicted molar refractivity (Wildman–Crippen MR) is 80.5 cm³/mol. The van der Waals surface area contributed by atoms with E-state index in [1.807, 2.05) is 0 Å². The Hall–Kier alpha value is -2.43. The first-order chi connectivity index (χ1) is 14.5. The van der Waals surface area contributed by atoms with E-state index in [2.05, 4.69) is 16.1 Å². The molecule has 0 atom stereocenters. The predicted octanol–water partition coefficient (Wildman–Crippen LogP) is 4.96. The smallest absolute Gasteiger partial charge is 0.460 e. The first-order valence-corrected chi connectivity index (χ1v) is 8.16. The zero-order chi connectivity index (χ0) is 26.7. The number of alkyl carbamates (subject to hydrolysis) is 1. The maximum atomic E-state index is 13.5. The molecule has 0 fully saturated rings. The van der Waals surface area contributed by atoms with E-state index in [0.717, 1.165) is 0 Å². The van der Waals surface area contributed by atoms with E-state index in [-0.39, 0.29) is 5.57 Å². The van der Waals surface area contributed by atoms with Gasteiger partial charge < -0.3 is 14.8 Å². The Bertz CT molecular complexity index is 734. The van der Waals surface area contributed by atoms with Gasteiger partial charge in [-0.3, -0.25) is 0 Å². The lowest BCUT2D eigenvalue weighted by molar-refractivity contribution is -0.440. The summed E-state index contributed by atoms with van der Waals surface area (Å²) in [5.41, 5.74) is -0.0453. The number of esters is 1. The second-order valence-electron chi connectivity index (χ2n) is 6.23. The second-order valence-corrected chi connectivity index (χ2v) is 6.23. The van der Waals surface area contributed by atoms with Gasteiger partial charge in [-0.1, -0.05) is 6.58 Å². The molecule has 0 aliphatic carbocycles. The average Bonchev–Trinajstić information content (AvgIpc) is 2.63. The number of halogens is 13. The molecular formula is C15H14F13NO4. The maximum absolute atomic E-state index is 13.5. The molecule has 1 N–H and O–H groups in total. The fraction of sp³-hybridized carbons (Fsp3) is 0.733. The minimum Gasteiger partial charge on any atom is -0.460 e. The lowest BCUT2D eigenvalue weighted by atomic mass is 9.93. The molecule has 0 saturated carbocycles. The summed E-state index contributed by atoms with van der Waals surface area (Å²) in [5.74, 6) is -38.4. The van der Waals surface area contributed by atoms with E-state index in [1.54, 1.807) is 5.32 Å². The summed E-state index contributed by atoms with van der Waals surface area (Å²) < 4.78 is 176. The van der Waals surface area contributed by atoms with Crippen molar-refractivity contribution in [1.82, 2.24) is 5.32 Å². The molecule has 0 aliphatic rings. The average molecular weight is 519 g/mol. The number of nitrogens with one attached hydrogen (secondary N) is 1. The molecular weight excluding hydrogens is 505 g/mol. The summed E-state index contributed by atoms with van der Waals surface area (Å²) in [6.07, 6.45) is -11.9. The van der Waals surface area contributed by atoms with E-state index in [9.17, 15) is 66.7 Å². The first-order valence-electron chi connectivity index (χ1n) is 8.16. The molecule has 0 spiro atoms. The fourth-order valence-electron chi connectivity index (χ4n) is 1.70. The van der Waals surface area contributed by atoms with Crippen molar-refractivity contribution >= 4 is 12.1 Å². The number of rotatable bonds is 11. The van der Waals surface area contributed by atoms with Gasteiger partial charge in [0.15, 0.2) is 0 Å². The molecule has 0 aliphatic heterocycles. The Labute approximate surface area is 175 Å². The number of hydrogen-bond donors (Lipinski definition) is 1. The lowest BCUT2D eigenvalue weighted by Crippen LogP contribution is -2.70. The number of alkyl halides is 13. The summed E-state index contributed by atoms with van der Waals surface area (Å²) >= 11 is 0. The molecule has 33 heavy (non-hydrogen) atoms. The van der Waals surface area contributed by atoms with Crippen LogP contribution in [0.5, 0.6) is 0 Å². The lowest BCUT2D eigenvalue weighted by Gasteiger charge is -2.39. The number of hydrogen-bond acceptors (Lipinski definition) is 4. The molecule has 0 saturated heterocycles. The van der Waals surface area contributed by atoms with Crippen LogP contribution in [0.15, 0.2) is 12.2 Å². The van der Waals surface area contributed by atoms with Crippen LogP contribution in [0.3, 0.4) is 0 Å². The van der Waals surface area contributed by atoms with Crippen molar-refractivity contribution in [2.24, 2.45) is 0 Å². The van der Waals surface area contributed by atoms with E-state index in [4.69, 9.17) is 0 Å². The van der Waals surface area contributed by atoms with Crippen molar-refractivity contribution in [3.8, 4) is 0 Å². The summed E-state index contributed by atoms with van der Waals surface area (Å²) in [7, 11) is 0. The molecule has 0 aromatic rings. The Morgan fingerprint density at radius 1 is 0.727 bits per heavy atom. The number of carbonyl (C=O) groups is 2. The van der Waals surface area contributed by atoms with Crippen molar-refractivity contribution in [1.29, 1.82) is 0 Å². The second kappa shape index (κ2) is 9.82. The molecule has 0 rings (SSSR count). The zero-order valence-electron chi connectivity index (χ0n) is 16.1. The topological polar surface area (TPSA) is 64.6 Å². The van der Waals surface area contributed by atoms with Crippen molar-refractivity contribution in [3.05, 3.63) is 12.2 Å². The van der Waals surface area contributed by atoms with Crippen LogP contribution in [0, 0.1) is 0 Å².